The first-order chi connectivity index (χ1) is 15.5. The van der Waals surface area contributed by atoms with Crippen LogP contribution in [0.1, 0.15) is 73.4 Å². The highest BCUT2D eigenvalue weighted by Gasteiger charge is 2.46. The Labute approximate surface area is 196 Å². The van der Waals surface area contributed by atoms with Crippen molar-refractivity contribution in [3.8, 4) is 0 Å². The minimum Gasteiger partial charge on any atom is -0.351 e. The smallest absolute Gasteiger partial charge is 0.255 e. The lowest BCUT2D eigenvalue weighted by Crippen LogP contribution is -2.64. The molecule has 2 aromatic carbocycles. The minimum atomic E-state index is -0.903. The summed E-state index contributed by atoms with van der Waals surface area (Å²) in [5.74, 6) is -0.0850. The first kappa shape index (κ1) is 22.8. The third-order valence-electron chi connectivity index (χ3n) is 7.09. The number of nitrogens with zero attached hydrogens (tertiary/aromatic N) is 1. The maximum Gasteiger partial charge on any atom is 0.255 e. The van der Waals surface area contributed by atoms with E-state index < -0.39 is 5.54 Å². The van der Waals surface area contributed by atoms with E-state index in [1.165, 1.54) is 19.3 Å². The zero-order valence-corrected chi connectivity index (χ0v) is 19.7. The molecule has 0 unspecified atom stereocenters. The second kappa shape index (κ2) is 10.1. The van der Waals surface area contributed by atoms with Crippen LogP contribution in [-0.4, -0.2) is 34.8 Å². The average molecular weight is 453 g/mol. The van der Waals surface area contributed by atoms with Gasteiger partial charge in [-0.15, -0.1) is 0 Å². The number of benzene rings is 2. The van der Waals surface area contributed by atoms with Crippen molar-refractivity contribution >= 4 is 23.4 Å². The highest BCUT2D eigenvalue weighted by molar-refractivity contribution is 6.30. The fourth-order valence-corrected chi connectivity index (χ4v) is 5.23. The fraction of sp³-hybridized carbons (Fsp3) is 0.481. The second-order valence-corrected chi connectivity index (χ2v) is 9.89. The van der Waals surface area contributed by atoms with Gasteiger partial charge in [-0.05, 0) is 55.5 Å². The first-order valence-corrected chi connectivity index (χ1v) is 12.3. The monoisotopic (exact) mass is 452 g/mol. The third kappa shape index (κ3) is 5.01. The van der Waals surface area contributed by atoms with E-state index in [2.05, 4.69) is 5.32 Å². The van der Waals surface area contributed by atoms with E-state index >= 15 is 0 Å². The summed E-state index contributed by atoms with van der Waals surface area (Å²) in [5.41, 5.74) is 1.86. The van der Waals surface area contributed by atoms with E-state index in [1.54, 1.807) is 4.90 Å². The maximum absolute atomic E-state index is 13.7. The van der Waals surface area contributed by atoms with Crippen LogP contribution in [0.25, 0.3) is 0 Å². The van der Waals surface area contributed by atoms with Crippen LogP contribution in [0, 0.1) is 0 Å². The predicted molar refractivity (Wildman–Crippen MR) is 129 cm³/mol. The van der Waals surface area contributed by atoms with Crippen molar-refractivity contribution in [3.05, 3.63) is 70.2 Å². The van der Waals surface area contributed by atoms with Crippen molar-refractivity contribution in [2.24, 2.45) is 0 Å². The topological polar surface area (TPSA) is 49.4 Å². The van der Waals surface area contributed by atoms with Crippen molar-refractivity contribution in [1.29, 1.82) is 0 Å². The number of hydrogen-bond donors (Lipinski definition) is 1. The van der Waals surface area contributed by atoms with Gasteiger partial charge in [0, 0.05) is 29.6 Å². The molecule has 1 heterocycles. The van der Waals surface area contributed by atoms with Gasteiger partial charge < -0.3 is 10.2 Å². The molecular weight excluding hydrogens is 420 g/mol. The van der Waals surface area contributed by atoms with Gasteiger partial charge in [0.25, 0.3) is 5.91 Å². The largest absolute Gasteiger partial charge is 0.351 e. The van der Waals surface area contributed by atoms with Crippen molar-refractivity contribution in [3.63, 3.8) is 0 Å². The molecule has 4 rings (SSSR count). The molecule has 0 bridgehead atoms. The molecular formula is C27H33ClN2O2. The highest BCUT2D eigenvalue weighted by atomic mass is 35.5. The van der Waals surface area contributed by atoms with Gasteiger partial charge in [0.2, 0.25) is 5.91 Å². The summed E-state index contributed by atoms with van der Waals surface area (Å²) in [6.07, 6.45) is 9.35. The van der Waals surface area contributed by atoms with Crippen molar-refractivity contribution in [1.82, 2.24) is 10.2 Å². The summed E-state index contributed by atoms with van der Waals surface area (Å²) in [6.45, 7) is 2.42. The molecule has 2 aliphatic rings. The summed E-state index contributed by atoms with van der Waals surface area (Å²) < 4.78 is 0. The predicted octanol–water partition coefficient (Wildman–Crippen LogP) is 5.57. The summed E-state index contributed by atoms with van der Waals surface area (Å²) in [6, 6.07) is 15.6. The number of nitrogens with one attached hydrogen (secondary N) is 1. The Kier molecular flexibility index (Phi) is 7.20. The normalized spacial score (nSPS) is 22.1. The van der Waals surface area contributed by atoms with Crippen molar-refractivity contribution < 1.29 is 9.59 Å². The van der Waals surface area contributed by atoms with Crippen LogP contribution in [0.3, 0.4) is 0 Å². The first-order valence-electron chi connectivity index (χ1n) is 11.9. The molecule has 5 heteroatoms. The van der Waals surface area contributed by atoms with E-state index in [1.807, 2.05) is 55.5 Å². The molecule has 32 heavy (non-hydrogen) atoms. The van der Waals surface area contributed by atoms with Crippen LogP contribution in [0.2, 0.25) is 5.02 Å². The van der Waals surface area contributed by atoms with Crippen LogP contribution < -0.4 is 5.32 Å². The van der Waals surface area contributed by atoms with Gasteiger partial charge in [0.15, 0.2) is 0 Å². The highest BCUT2D eigenvalue weighted by Crippen LogP contribution is 2.32. The molecule has 1 saturated carbocycles. The van der Waals surface area contributed by atoms with Crippen LogP contribution >= 0.6 is 11.6 Å². The van der Waals surface area contributed by atoms with E-state index in [4.69, 9.17) is 11.6 Å². The van der Waals surface area contributed by atoms with Gasteiger partial charge in [0.1, 0.15) is 5.54 Å². The average Bonchev–Trinajstić information content (AvgIpc) is 2.76. The van der Waals surface area contributed by atoms with Gasteiger partial charge in [-0.25, -0.2) is 0 Å². The molecule has 4 nitrogen and oxygen atoms in total. The lowest BCUT2D eigenvalue weighted by molar-refractivity contribution is -0.132. The van der Waals surface area contributed by atoms with E-state index in [0.717, 1.165) is 36.8 Å². The molecule has 0 aromatic heterocycles. The zero-order valence-electron chi connectivity index (χ0n) is 18.9. The lowest BCUT2D eigenvalue weighted by atomic mass is 9.82. The Morgan fingerprint density at radius 3 is 2.41 bits per heavy atom. The Balaban J connectivity index is 1.57. The van der Waals surface area contributed by atoms with Gasteiger partial charge >= 0.3 is 0 Å². The Morgan fingerprint density at radius 1 is 1.03 bits per heavy atom. The van der Waals surface area contributed by atoms with E-state index in [-0.39, 0.29) is 17.9 Å². The number of amides is 2. The molecule has 2 amide bonds. The molecule has 170 valence electrons. The lowest BCUT2D eigenvalue weighted by Gasteiger charge is -2.44. The quantitative estimate of drug-likeness (QED) is 0.644. The fourth-order valence-electron chi connectivity index (χ4n) is 5.10. The minimum absolute atomic E-state index is 0.0259. The number of fused-ring (bicyclic) bond motifs is 1. The van der Waals surface area contributed by atoms with Gasteiger partial charge in [0.05, 0.1) is 0 Å². The standard InChI is InChI=1S/C27H33ClN2O2/c1-27(26(32)29-23-10-5-3-2-4-6-11-23)19-21-9-7-8-12-24(21)25(31)30(27)18-17-20-13-15-22(28)16-14-20/h7-9,12-16,23H,2-6,10-11,17-19H2,1H3,(H,29,32)/t27-/m0/s1. The summed E-state index contributed by atoms with van der Waals surface area (Å²) in [5, 5.41) is 4.03. The van der Waals surface area contributed by atoms with Gasteiger partial charge in [-0.3, -0.25) is 9.59 Å². The zero-order chi connectivity index (χ0) is 22.6. The Bertz CT molecular complexity index is 950. The van der Waals surface area contributed by atoms with Crippen LogP contribution in [0.4, 0.5) is 0 Å². The molecule has 2 aromatic rings. The van der Waals surface area contributed by atoms with Crippen molar-refractivity contribution in [2.75, 3.05) is 6.54 Å². The molecule has 0 radical (unpaired) electrons. The molecule has 0 spiro atoms. The molecule has 0 saturated heterocycles. The van der Waals surface area contributed by atoms with Gasteiger partial charge in [-0.2, -0.15) is 0 Å². The van der Waals surface area contributed by atoms with E-state index in [0.29, 0.717) is 30.0 Å². The van der Waals surface area contributed by atoms with Crippen molar-refractivity contribution in [2.45, 2.75) is 76.3 Å². The number of carbonyl (C=O) groups is 2. The van der Waals surface area contributed by atoms with Gasteiger partial charge in [-0.1, -0.05) is 74.0 Å². The summed E-state index contributed by atoms with van der Waals surface area (Å²) in [4.78, 5) is 29.0. The number of halogens is 1. The number of rotatable bonds is 5. The molecule has 1 N–H and O–H groups in total. The summed E-state index contributed by atoms with van der Waals surface area (Å²) >= 11 is 6.02. The Hall–Kier alpha value is -2.33. The third-order valence-corrected chi connectivity index (χ3v) is 7.34. The number of hydrogen-bond acceptors (Lipinski definition) is 2. The van der Waals surface area contributed by atoms with E-state index in [9.17, 15) is 9.59 Å². The van der Waals surface area contributed by atoms with Crippen LogP contribution in [0.15, 0.2) is 48.5 Å². The molecule has 1 fully saturated rings. The second-order valence-electron chi connectivity index (χ2n) is 9.46. The van der Waals surface area contributed by atoms with Crippen LogP contribution in [0.5, 0.6) is 0 Å². The molecule has 1 aliphatic carbocycles. The maximum atomic E-state index is 13.7. The molecule has 1 atom stereocenters. The summed E-state index contributed by atoms with van der Waals surface area (Å²) in [7, 11) is 0. The molecule has 1 aliphatic heterocycles. The Morgan fingerprint density at radius 2 is 1.69 bits per heavy atom. The van der Waals surface area contributed by atoms with Crippen LogP contribution in [-0.2, 0) is 17.6 Å². The number of carbonyl (C=O) groups excluding carboxylic acids is 2. The SMILES string of the molecule is C[C@@]1(C(=O)NC2CCCCCCC2)Cc2ccccc2C(=O)N1CCc1ccc(Cl)cc1.